The summed E-state index contributed by atoms with van der Waals surface area (Å²) in [6.45, 7) is -0.184. The maximum Gasteiger partial charge on any atom is 0.285 e. The molecule has 0 unspecified atom stereocenters. The molecule has 0 saturated carbocycles. The molecule has 1 heterocycles. The number of hydrazone groups is 1. The maximum atomic E-state index is 12.3. The number of sulfonamides is 1. The number of nitrogens with zero attached hydrogens (tertiary/aromatic N) is 2. The van der Waals surface area contributed by atoms with Gasteiger partial charge in [-0.1, -0.05) is 0 Å². The molecule has 0 radical (unpaired) electrons. The van der Waals surface area contributed by atoms with Crippen LogP contribution in [0.25, 0.3) is 0 Å². The summed E-state index contributed by atoms with van der Waals surface area (Å²) in [7, 11) is -0.976. The molecule has 0 aliphatic carbocycles. The van der Waals surface area contributed by atoms with E-state index >= 15 is 0 Å². The summed E-state index contributed by atoms with van der Waals surface area (Å²) in [6.07, 6.45) is 1.63. The standard InChI is InChI=1S/C18H19N3O6S/c1-26-14-5-6-16-17(12(14)7-8-22)18(21-28(16,24)25)20-19-10-11-3-4-13(23)15(9-11)27-2/h3-6,9-10,22-23H,7-8H2,1-2H3,(H,20,21)/b19-10+. The normalized spacial score (nSPS) is 14.6. The second-order valence-corrected chi connectivity index (χ2v) is 7.38. The molecule has 3 N–H and O–H groups in total. The number of aliphatic hydroxyl groups excluding tert-OH is 1. The molecule has 0 spiro atoms. The van der Waals surface area contributed by atoms with E-state index in [4.69, 9.17) is 9.47 Å². The molecule has 9 nitrogen and oxygen atoms in total. The van der Waals surface area contributed by atoms with Crippen LogP contribution in [0.15, 0.2) is 44.7 Å². The van der Waals surface area contributed by atoms with Crippen LogP contribution in [0.1, 0.15) is 16.7 Å². The topological polar surface area (TPSA) is 130 Å². The fraction of sp³-hybridized carbons (Fsp3) is 0.222. The minimum atomic E-state index is -3.87. The van der Waals surface area contributed by atoms with Crippen LogP contribution in [0, 0.1) is 0 Å². The lowest BCUT2D eigenvalue weighted by molar-refractivity contribution is 0.296. The zero-order valence-electron chi connectivity index (χ0n) is 15.2. The van der Waals surface area contributed by atoms with Crippen LogP contribution in [0.3, 0.4) is 0 Å². The maximum absolute atomic E-state index is 12.3. The van der Waals surface area contributed by atoms with Gasteiger partial charge >= 0.3 is 0 Å². The SMILES string of the molecule is COc1cc(/C=N/NC2=NS(=O)(=O)c3ccc(OC)c(CCO)c32)ccc1O. The van der Waals surface area contributed by atoms with Crippen LogP contribution in [0.4, 0.5) is 0 Å². The Kier molecular flexibility index (Phi) is 5.52. The summed E-state index contributed by atoms with van der Waals surface area (Å²) in [4.78, 5) is 0.0285. The highest BCUT2D eigenvalue weighted by Gasteiger charge is 2.32. The van der Waals surface area contributed by atoms with Gasteiger partial charge in [-0.3, -0.25) is 5.43 Å². The van der Waals surface area contributed by atoms with Crippen molar-refractivity contribution >= 4 is 22.1 Å². The lowest BCUT2D eigenvalue weighted by Crippen LogP contribution is -2.20. The van der Waals surface area contributed by atoms with Gasteiger partial charge in [0.15, 0.2) is 17.3 Å². The van der Waals surface area contributed by atoms with E-state index in [-0.39, 0.29) is 35.3 Å². The van der Waals surface area contributed by atoms with Crippen LogP contribution in [0.2, 0.25) is 0 Å². The van der Waals surface area contributed by atoms with Crippen molar-refractivity contribution in [2.24, 2.45) is 9.50 Å². The summed E-state index contributed by atoms with van der Waals surface area (Å²) in [5.74, 6) is 0.768. The van der Waals surface area contributed by atoms with E-state index in [1.54, 1.807) is 12.1 Å². The Hall–Kier alpha value is -3.11. The van der Waals surface area contributed by atoms with Crippen LogP contribution in [0.5, 0.6) is 17.2 Å². The molecule has 0 aromatic heterocycles. The van der Waals surface area contributed by atoms with E-state index in [1.807, 2.05) is 0 Å². The molecule has 1 aliphatic rings. The van der Waals surface area contributed by atoms with Crippen molar-refractivity contribution in [3.05, 3.63) is 47.0 Å². The number of benzene rings is 2. The van der Waals surface area contributed by atoms with Crippen LogP contribution in [-0.2, 0) is 16.4 Å². The van der Waals surface area contributed by atoms with Crippen molar-refractivity contribution in [2.75, 3.05) is 20.8 Å². The van der Waals surface area contributed by atoms with Crippen molar-refractivity contribution in [2.45, 2.75) is 11.3 Å². The molecular weight excluding hydrogens is 386 g/mol. The van der Waals surface area contributed by atoms with Gasteiger partial charge in [0.25, 0.3) is 10.0 Å². The number of aliphatic hydroxyl groups is 1. The summed E-state index contributed by atoms with van der Waals surface area (Å²) in [5, 5.41) is 23.0. The predicted molar refractivity (Wildman–Crippen MR) is 103 cm³/mol. The summed E-state index contributed by atoms with van der Waals surface area (Å²) < 4.78 is 38.8. The number of fused-ring (bicyclic) bond motifs is 1. The van der Waals surface area contributed by atoms with Gasteiger partial charge in [0.1, 0.15) is 10.6 Å². The third-order valence-corrected chi connectivity index (χ3v) is 5.45. The molecule has 2 aromatic carbocycles. The minimum absolute atomic E-state index is 0.00598. The molecule has 3 rings (SSSR count). The highest BCUT2D eigenvalue weighted by Crippen LogP contribution is 2.34. The second kappa shape index (κ2) is 7.87. The largest absolute Gasteiger partial charge is 0.504 e. The Morgan fingerprint density at radius 1 is 1.18 bits per heavy atom. The van der Waals surface area contributed by atoms with Crippen molar-refractivity contribution < 1.29 is 28.1 Å². The number of hydrogen-bond donors (Lipinski definition) is 3. The summed E-state index contributed by atoms with van der Waals surface area (Å²) in [5.41, 5.74) is 4.11. The number of phenolic OH excluding ortho intramolecular Hbond substituents is 1. The first-order valence-electron chi connectivity index (χ1n) is 8.23. The fourth-order valence-electron chi connectivity index (χ4n) is 2.87. The zero-order chi connectivity index (χ0) is 20.3. The number of rotatable bonds is 6. The minimum Gasteiger partial charge on any atom is -0.504 e. The molecule has 148 valence electrons. The lowest BCUT2D eigenvalue weighted by atomic mass is 10.0. The third kappa shape index (κ3) is 3.64. The average molecular weight is 405 g/mol. The third-order valence-electron chi connectivity index (χ3n) is 4.13. The first kappa shape index (κ1) is 19.6. The number of nitrogens with one attached hydrogen (secondary N) is 1. The number of hydrogen-bond acceptors (Lipinski definition) is 8. The molecule has 2 aromatic rings. The monoisotopic (exact) mass is 405 g/mol. The Labute approximate surface area is 162 Å². The van der Waals surface area contributed by atoms with Crippen molar-refractivity contribution in [3.63, 3.8) is 0 Å². The highest BCUT2D eigenvalue weighted by molar-refractivity contribution is 7.90. The molecule has 0 bridgehead atoms. The molecule has 0 saturated heterocycles. The predicted octanol–water partition coefficient (Wildman–Crippen LogP) is 1.02. The van der Waals surface area contributed by atoms with Crippen molar-refractivity contribution in [1.82, 2.24) is 5.43 Å². The van der Waals surface area contributed by atoms with E-state index < -0.39 is 10.0 Å². The Morgan fingerprint density at radius 2 is 1.93 bits per heavy atom. The molecule has 28 heavy (non-hydrogen) atoms. The summed E-state index contributed by atoms with van der Waals surface area (Å²) in [6, 6.07) is 7.59. The van der Waals surface area contributed by atoms with Crippen LogP contribution >= 0.6 is 0 Å². The van der Waals surface area contributed by atoms with E-state index in [2.05, 4.69) is 14.9 Å². The Balaban J connectivity index is 1.95. The van der Waals surface area contributed by atoms with E-state index in [1.165, 1.54) is 38.6 Å². The first-order chi connectivity index (χ1) is 13.4. The molecular formula is C18H19N3O6S. The first-order valence-corrected chi connectivity index (χ1v) is 9.67. The number of amidine groups is 1. The van der Waals surface area contributed by atoms with Crippen molar-refractivity contribution in [3.8, 4) is 17.2 Å². The van der Waals surface area contributed by atoms with Crippen LogP contribution in [-0.4, -0.2) is 51.5 Å². The number of aromatic hydroxyl groups is 1. The number of ether oxygens (including phenoxy) is 2. The molecule has 0 amide bonds. The fourth-order valence-corrected chi connectivity index (χ4v) is 4.06. The van der Waals surface area contributed by atoms with Gasteiger partial charge in [0.05, 0.1) is 20.4 Å². The van der Waals surface area contributed by atoms with E-state index in [9.17, 15) is 18.6 Å². The molecule has 10 heteroatoms. The Morgan fingerprint density at radius 3 is 2.61 bits per heavy atom. The molecule has 1 aliphatic heterocycles. The number of phenols is 1. The van der Waals surface area contributed by atoms with Gasteiger partial charge in [-0.2, -0.15) is 13.5 Å². The smallest absolute Gasteiger partial charge is 0.285 e. The van der Waals surface area contributed by atoms with Gasteiger partial charge in [0, 0.05) is 17.7 Å². The van der Waals surface area contributed by atoms with Gasteiger partial charge < -0.3 is 19.7 Å². The molecule has 0 atom stereocenters. The van der Waals surface area contributed by atoms with Crippen LogP contribution < -0.4 is 14.9 Å². The van der Waals surface area contributed by atoms with Gasteiger partial charge in [-0.15, -0.1) is 4.40 Å². The van der Waals surface area contributed by atoms with E-state index in [0.29, 0.717) is 22.4 Å². The van der Waals surface area contributed by atoms with Crippen molar-refractivity contribution in [1.29, 1.82) is 0 Å². The highest BCUT2D eigenvalue weighted by atomic mass is 32.2. The summed E-state index contributed by atoms with van der Waals surface area (Å²) >= 11 is 0. The van der Waals surface area contributed by atoms with Gasteiger partial charge in [-0.25, -0.2) is 0 Å². The zero-order valence-corrected chi connectivity index (χ0v) is 16.0. The molecule has 0 fully saturated rings. The van der Waals surface area contributed by atoms with Gasteiger partial charge in [-0.05, 0) is 42.3 Å². The van der Waals surface area contributed by atoms with E-state index in [0.717, 1.165) is 0 Å². The second-order valence-electron chi connectivity index (χ2n) is 5.81. The number of methoxy groups -OCH3 is 2. The van der Waals surface area contributed by atoms with Gasteiger partial charge in [0.2, 0.25) is 0 Å². The Bertz CT molecular complexity index is 1060. The lowest BCUT2D eigenvalue weighted by Gasteiger charge is -2.13. The average Bonchev–Trinajstić information content (AvgIpc) is 2.94. The quantitative estimate of drug-likeness (QED) is 0.483.